The van der Waals surface area contributed by atoms with Crippen LogP contribution in [0.3, 0.4) is 0 Å². The van der Waals surface area contributed by atoms with Gasteiger partial charge >= 0.3 is 0 Å². The normalized spacial score (nSPS) is 10.8. The summed E-state index contributed by atoms with van der Waals surface area (Å²) in [5, 5.41) is 2.30. The predicted octanol–water partition coefficient (Wildman–Crippen LogP) is 10.9. The standard InChI is InChI=1S/C40H30N2/c1-5-29-30(6-2)36(23-22-33(29)28-21-24-38(42-26-28)37-20-14-15-25-41-37)40-32(8-4)31(7-3)39(27-16-10-9-11-17-27)34-18-12-13-19-35(34)40/h5-26H,1-4H2. The molecule has 2 heterocycles. The summed E-state index contributed by atoms with van der Waals surface area (Å²) in [6, 6.07) is 33.3. The van der Waals surface area contributed by atoms with Gasteiger partial charge in [-0.05, 0) is 79.0 Å². The summed E-state index contributed by atoms with van der Waals surface area (Å²) in [5.41, 5.74) is 12.3. The maximum atomic E-state index is 4.72. The highest BCUT2D eigenvalue weighted by Crippen LogP contribution is 2.45. The van der Waals surface area contributed by atoms with E-state index >= 15 is 0 Å². The molecule has 0 amide bonds. The van der Waals surface area contributed by atoms with Crippen molar-refractivity contribution in [3.05, 3.63) is 158 Å². The first kappa shape index (κ1) is 26.6. The lowest BCUT2D eigenvalue weighted by molar-refractivity contribution is 1.25. The molecule has 0 aliphatic carbocycles. The number of benzene rings is 4. The molecule has 0 saturated carbocycles. The Morgan fingerprint density at radius 1 is 0.429 bits per heavy atom. The van der Waals surface area contributed by atoms with Crippen LogP contribution >= 0.6 is 0 Å². The number of nitrogens with zero attached hydrogens (tertiary/aromatic N) is 2. The number of hydrogen-bond donors (Lipinski definition) is 0. The molecule has 0 saturated heterocycles. The molecule has 42 heavy (non-hydrogen) atoms. The number of hydrogen-bond acceptors (Lipinski definition) is 2. The Morgan fingerprint density at radius 2 is 1.00 bits per heavy atom. The van der Waals surface area contributed by atoms with E-state index < -0.39 is 0 Å². The van der Waals surface area contributed by atoms with Crippen molar-refractivity contribution in [3.8, 4) is 44.8 Å². The summed E-state index contributed by atoms with van der Waals surface area (Å²) >= 11 is 0. The third kappa shape index (κ3) is 4.49. The number of rotatable bonds is 8. The fourth-order valence-corrected chi connectivity index (χ4v) is 5.87. The SMILES string of the molecule is C=Cc1c(-c2ccc(-c3ccccn3)nc2)ccc(-c2c(C=C)c(C=C)c(-c3ccccc3)c3ccccc23)c1C=C. The largest absolute Gasteiger partial charge is 0.255 e. The van der Waals surface area contributed by atoms with Crippen molar-refractivity contribution in [1.29, 1.82) is 0 Å². The van der Waals surface area contributed by atoms with E-state index in [1.165, 1.54) is 0 Å². The highest BCUT2D eigenvalue weighted by atomic mass is 14.8. The Kier molecular flexibility index (Phi) is 7.28. The van der Waals surface area contributed by atoms with Crippen LogP contribution in [-0.4, -0.2) is 9.97 Å². The van der Waals surface area contributed by atoms with Crippen molar-refractivity contribution in [2.75, 3.05) is 0 Å². The molecule has 0 bridgehead atoms. The summed E-state index contributed by atoms with van der Waals surface area (Å²) in [7, 11) is 0. The van der Waals surface area contributed by atoms with Gasteiger partial charge in [-0.25, -0.2) is 0 Å². The molecule has 0 unspecified atom stereocenters. The van der Waals surface area contributed by atoms with Crippen molar-refractivity contribution < 1.29 is 0 Å². The monoisotopic (exact) mass is 538 g/mol. The van der Waals surface area contributed by atoms with Crippen LogP contribution in [0.2, 0.25) is 0 Å². The van der Waals surface area contributed by atoms with E-state index in [0.29, 0.717) is 0 Å². The molecular weight excluding hydrogens is 508 g/mol. The number of pyridine rings is 2. The van der Waals surface area contributed by atoms with Gasteiger partial charge in [0.15, 0.2) is 0 Å². The minimum atomic E-state index is 0.831. The summed E-state index contributed by atoms with van der Waals surface area (Å²) in [6.07, 6.45) is 11.4. The first-order valence-corrected chi connectivity index (χ1v) is 13.9. The van der Waals surface area contributed by atoms with Crippen molar-refractivity contribution in [1.82, 2.24) is 9.97 Å². The third-order valence-electron chi connectivity index (χ3n) is 7.73. The Balaban J connectivity index is 1.60. The summed E-state index contributed by atoms with van der Waals surface area (Å²) in [5.74, 6) is 0. The summed E-state index contributed by atoms with van der Waals surface area (Å²) in [6.45, 7) is 16.9. The lowest BCUT2D eigenvalue weighted by atomic mass is 9.81. The van der Waals surface area contributed by atoms with Crippen LogP contribution in [0.4, 0.5) is 0 Å². The van der Waals surface area contributed by atoms with E-state index in [2.05, 4.69) is 98.0 Å². The van der Waals surface area contributed by atoms with E-state index in [4.69, 9.17) is 4.98 Å². The van der Waals surface area contributed by atoms with Gasteiger partial charge in [0.2, 0.25) is 0 Å². The van der Waals surface area contributed by atoms with Crippen LogP contribution in [-0.2, 0) is 0 Å². The van der Waals surface area contributed by atoms with Crippen molar-refractivity contribution in [2.45, 2.75) is 0 Å². The van der Waals surface area contributed by atoms with Crippen LogP contribution < -0.4 is 0 Å². The molecule has 0 atom stereocenters. The molecule has 2 heteroatoms. The molecule has 0 aliphatic heterocycles. The molecule has 6 aromatic rings. The van der Waals surface area contributed by atoms with Crippen LogP contribution in [0.1, 0.15) is 22.3 Å². The topological polar surface area (TPSA) is 25.8 Å². The third-order valence-corrected chi connectivity index (χ3v) is 7.73. The molecule has 0 aliphatic rings. The first-order valence-electron chi connectivity index (χ1n) is 13.9. The summed E-state index contributed by atoms with van der Waals surface area (Å²) in [4.78, 5) is 9.15. The van der Waals surface area contributed by atoms with E-state index in [0.717, 1.165) is 77.8 Å². The molecule has 0 spiro atoms. The number of aromatic nitrogens is 2. The van der Waals surface area contributed by atoms with Crippen molar-refractivity contribution in [3.63, 3.8) is 0 Å². The van der Waals surface area contributed by atoms with Gasteiger partial charge in [-0.1, -0.05) is 129 Å². The summed E-state index contributed by atoms with van der Waals surface area (Å²) < 4.78 is 0. The van der Waals surface area contributed by atoms with E-state index in [1.54, 1.807) is 6.20 Å². The molecule has 4 aromatic carbocycles. The zero-order valence-electron chi connectivity index (χ0n) is 23.4. The lowest BCUT2D eigenvalue weighted by Gasteiger charge is -2.22. The van der Waals surface area contributed by atoms with Gasteiger partial charge in [-0.2, -0.15) is 0 Å². The smallest absolute Gasteiger partial charge is 0.0886 e. The molecule has 2 nitrogen and oxygen atoms in total. The molecular formula is C40H30N2. The van der Waals surface area contributed by atoms with Gasteiger partial charge in [0.25, 0.3) is 0 Å². The predicted molar refractivity (Wildman–Crippen MR) is 182 cm³/mol. The Morgan fingerprint density at radius 3 is 1.62 bits per heavy atom. The zero-order chi connectivity index (χ0) is 29.1. The van der Waals surface area contributed by atoms with Crippen LogP contribution in [0, 0.1) is 0 Å². The maximum absolute atomic E-state index is 4.72. The highest BCUT2D eigenvalue weighted by Gasteiger charge is 2.21. The molecule has 6 rings (SSSR count). The second-order valence-electron chi connectivity index (χ2n) is 9.94. The van der Waals surface area contributed by atoms with Crippen molar-refractivity contribution in [2.24, 2.45) is 0 Å². The molecule has 2 aromatic heterocycles. The fourth-order valence-electron chi connectivity index (χ4n) is 5.87. The highest BCUT2D eigenvalue weighted by molar-refractivity contribution is 6.12. The lowest BCUT2D eigenvalue weighted by Crippen LogP contribution is -1.99. The van der Waals surface area contributed by atoms with Crippen LogP contribution in [0.5, 0.6) is 0 Å². The van der Waals surface area contributed by atoms with Gasteiger partial charge in [-0.3, -0.25) is 9.97 Å². The van der Waals surface area contributed by atoms with Gasteiger partial charge < -0.3 is 0 Å². The second kappa shape index (κ2) is 11.5. The van der Waals surface area contributed by atoms with Crippen LogP contribution in [0.15, 0.2) is 136 Å². The van der Waals surface area contributed by atoms with E-state index in [-0.39, 0.29) is 0 Å². The first-order chi connectivity index (χ1) is 20.7. The average Bonchev–Trinajstić information content (AvgIpc) is 3.07. The second-order valence-corrected chi connectivity index (χ2v) is 9.94. The van der Waals surface area contributed by atoms with Crippen LogP contribution in [0.25, 0.3) is 79.8 Å². The fraction of sp³-hybridized carbons (Fsp3) is 0. The van der Waals surface area contributed by atoms with Gasteiger partial charge in [0.1, 0.15) is 0 Å². The van der Waals surface area contributed by atoms with E-state index in [9.17, 15) is 0 Å². The quantitative estimate of drug-likeness (QED) is 0.193. The van der Waals surface area contributed by atoms with Gasteiger partial charge in [-0.15, -0.1) is 0 Å². The Hall–Kier alpha value is -5.60. The van der Waals surface area contributed by atoms with E-state index in [1.807, 2.05) is 60.8 Å². The van der Waals surface area contributed by atoms with Gasteiger partial charge in [0, 0.05) is 18.0 Å². The zero-order valence-corrected chi connectivity index (χ0v) is 23.4. The Bertz CT molecular complexity index is 1970. The maximum Gasteiger partial charge on any atom is 0.0886 e. The molecule has 200 valence electrons. The van der Waals surface area contributed by atoms with Gasteiger partial charge in [0.05, 0.1) is 11.4 Å². The minimum absolute atomic E-state index is 0.831. The molecule has 0 fully saturated rings. The number of fused-ring (bicyclic) bond motifs is 1. The average molecular weight is 539 g/mol. The molecule has 0 N–H and O–H groups in total. The minimum Gasteiger partial charge on any atom is -0.255 e. The molecule has 0 radical (unpaired) electrons. The van der Waals surface area contributed by atoms with Crippen molar-refractivity contribution >= 4 is 35.1 Å². The Labute approximate surface area is 247 Å².